The lowest BCUT2D eigenvalue weighted by Gasteiger charge is -2.35. The number of rotatable bonds is 12. The van der Waals surface area contributed by atoms with Gasteiger partial charge in [-0.15, -0.1) is 0 Å². The lowest BCUT2D eigenvalue weighted by molar-refractivity contribution is -0.140. The number of carbonyl (C=O) groups is 2. The molecule has 0 saturated heterocycles. The molecule has 0 heterocycles. The smallest absolute Gasteiger partial charge is 0.244 e. The van der Waals surface area contributed by atoms with Crippen molar-refractivity contribution >= 4 is 27.5 Å². The number of ether oxygens (including phenoxy) is 2. The highest BCUT2D eigenvalue weighted by molar-refractivity contribution is 7.92. The minimum atomic E-state index is -3.96. The van der Waals surface area contributed by atoms with Gasteiger partial charge in [-0.2, -0.15) is 0 Å². The minimum Gasteiger partial charge on any atom is -0.497 e. The van der Waals surface area contributed by atoms with Gasteiger partial charge in [-0.1, -0.05) is 60.7 Å². The molecule has 0 spiro atoms. The summed E-state index contributed by atoms with van der Waals surface area (Å²) in [6.45, 7) is 5.15. The van der Waals surface area contributed by atoms with Crippen LogP contribution in [0.5, 0.6) is 11.5 Å². The summed E-state index contributed by atoms with van der Waals surface area (Å²) in [7, 11) is -1.08. The van der Waals surface area contributed by atoms with E-state index in [1.54, 1.807) is 12.1 Å². The standard InChI is InChI=1S/C31H39N3O6S/c1-31(2,3)32-30(36)27(19-23-13-9-7-10-14-23)33(21-24-15-11-8-12-16-24)29(35)22-34(41(6,37)38)26-20-25(39-4)17-18-28(26)40-5/h7-18,20,27H,19,21-22H2,1-6H3,(H,32,36)/t27-/m0/s1. The maximum absolute atomic E-state index is 14.2. The van der Waals surface area contributed by atoms with Crippen molar-refractivity contribution in [2.24, 2.45) is 0 Å². The van der Waals surface area contributed by atoms with Gasteiger partial charge in [0, 0.05) is 24.6 Å². The summed E-state index contributed by atoms with van der Waals surface area (Å²) in [5, 5.41) is 3.01. The van der Waals surface area contributed by atoms with Crippen molar-refractivity contribution in [3.63, 3.8) is 0 Å². The van der Waals surface area contributed by atoms with Crippen molar-refractivity contribution in [1.29, 1.82) is 0 Å². The SMILES string of the molecule is COc1ccc(OC)c(N(CC(=O)N(Cc2ccccc2)[C@@H](Cc2ccccc2)C(=O)NC(C)(C)C)S(C)(=O)=O)c1. The molecule has 2 amide bonds. The average molecular weight is 582 g/mol. The van der Waals surface area contributed by atoms with E-state index < -0.39 is 34.1 Å². The van der Waals surface area contributed by atoms with Crippen LogP contribution >= 0.6 is 0 Å². The van der Waals surface area contributed by atoms with Crippen LogP contribution in [-0.4, -0.2) is 63.7 Å². The highest BCUT2D eigenvalue weighted by Crippen LogP contribution is 2.34. The highest BCUT2D eigenvalue weighted by atomic mass is 32.2. The molecule has 3 rings (SSSR count). The van der Waals surface area contributed by atoms with E-state index in [0.29, 0.717) is 5.75 Å². The van der Waals surface area contributed by atoms with Crippen LogP contribution in [0.15, 0.2) is 78.9 Å². The summed E-state index contributed by atoms with van der Waals surface area (Å²) >= 11 is 0. The van der Waals surface area contributed by atoms with Crippen LogP contribution in [-0.2, 0) is 32.6 Å². The number of carbonyl (C=O) groups excluding carboxylic acids is 2. The Labute approximate surface area is 243 Å². The zero-order valence-electron chi connectivity index (χ0n) is 24.5. The zero-order chi connectivity index (χ0) is 30.2. The van der Waals surface area contributed by atoms with Gasteiger partial charge in [0.15, 0.2) is 0 Å². The van der Waals surface area contributed by atoms with Crippen LogP contribution in [0.25, 0.3) is 0 Å². The number of sulfonamides is 1. The molecule has 1 atom stereocenters. The van der Waals surface area contributed by atoms with Crippen LogP contribution in [0, 0.1) is 0 Å². The summed E-state index contributed by atoms with van der Waals surface area (Å²) in [5.41, 5.74) is 1.26. The van der Waals surface area contributed by atoms with Gasteiger partial charge in [0.1, 0.15) is 24.1 Å². The van der Waals surface area contributed by atoms with Gasteiger partial charge in [0.25, 0.3) is 0 Å². The van der Waals surface area contributed by atoms with Crippen LogP contribution in [0.3, 0.4) is 0 Å². The molecule has 10 heteroatoms. The van der Waals surface area contributed by atoms with Crippen molar-refractivity contribution < 1.29 is 27.5 Å². The average Bonchev–Trinajstić information content (AvgIpc) is 2.92. The summed E-state index contributed by atoms with van der Waals surface area (Å²) < 4.78 is 37.9. The third-order valence-electron chi connectivity index (χ3n) is 6.30. The quantitative estimate of drug-likeness (QED) is 0.346. The van der Waals surface area contributed by atoms with Gasteiger partial charge in [0.05, 0.1) is 26.2 Å². The molecule has 0 aliphatic rings. The predicted molar refractivity (Wildman–Crippen MR) is 161 cm³/mol. The van der Waals surface area contributed by atoms with Gasteiger partial charge in [0.2, 0.25) is 21.8 Å². The van der Waals surface area contributed by atoms with Crippen molar-refractivity contribution in [2.75, 3.05) is 31.3 Å². The van der Waals surface area contributed by atoms with Crippen molar-refractivity contribution in [3.8, 4) is 11.5 Å². The van der Waals surface area contributed by atoms with E-state index in [1.807, 2.05) is 81.4 Å². The molecule has 0 aliphatic carbocycles. The normalized spacial score (nSPS) is 12.2. The lowest BCUT2D eigenvalue weighted by atomic mass is 10.0. The van der Waals surface area contributed by atoms with Crippen LogP contribution in [0.4, 0.5) is 5.69 Å². The van der Waals surface area contributed by atoms with E-state index in [1.165, 1.54) is 25.2 Å². The van der Waals surface area contributed by atoms with E-state index in [2.05, 4.69) is 5.32 Å². The van der Waals surface area contributed by atoms with Crippen molar-refractivity contribution in [1.82, 2.24) is 10.2 Å². The molecule has 0 radical (unpaired) electrons. The molecule has 1 N–H and O–H groups in total. The Morgan fingerprint density at radius 3 is 1.98 bits per heavy atom. The maximum atomic E-state index is 14.2. The molecule has 0 aliphatic heterocycles. The Bertz CT molecular complexity index is 1420. The molecule has 3 aromatic rings. The fraction of sp³-hybridized carbons (Fsp3) is 0.355. The summed E-state index contributed by atoms with van der Waals surface area (Å²) in [6.07, 6.45) is 1.26. The summed E-state index contributed by atoms with van der Waals surface area (Å²) in [4.78, 5) is 29.4. The number of amides is 2. The van der Waals surface area contributed by atoms with E-state index >= 15 is 0 Å². The predicted octanol–water partition coefficient (Wildman–Crippen LogP) is 4.02. The third kappa shape index (κ3) is 8.97. The van der Waals surface area contributed by atoms with E-state index in [4.69, 9.17) is 9.47 Å². The molecule has 9 nitrogen and oxygen atoms in total. The molecule has 41 heavy (non-hydrogen) atoms. The number of benzene rings is 3. The lowest BCUT2D eigenvalue weighted by Crippen LogP contribution is -2.56. The fourth-order valence-corrected chi connectivity index (χ4v) is 5.22. The molecule has 0 bridgehead atoms. The number of hydrogen-bond acceptors (Lipinski definition) is 6. The first-order chi connectivity index (χ1) is 19.3. The molecule has 0 fully saturated rings. The molecule has 220 valence electrons. The first-order valence-electron chi connectivity index (χ1n) is 13.2. The maximum Gasteiger partial charge on any atom is 0.244 e. The Kier molecular flexibility index (Phi) is 10.4. The Morgan fingerprint density at radius 1 is 0.878 bits per heavy atom. The molecular formula is C31H39N3O6S. The van der Waals surface area contributed by atoms with E-state index in [9.17, 15) is 18.0 Å². The second-order valence-electron chi connectivity index (χ2n) is 10.8. The van der Waals surface area contributed by atoms with Gasteiger partial charge in [-0.05, 0) is 44.0 Å². The first-order valence-corrected chi connectivity index (χ1v) is 15.1. The first kappa shape index (κ1) is 31.5. The summed E-state index contributed by atoms with van der Waals surface area (Å²) in [6, 6.07) is 22.5. The zero-order valence-corrected chi connectivity index (χ0v) is 25.3. The Balaban J connectivity index is 2.10. The molecule has 0 unspecified atom stereocenters. The van der Waals surface area contributed by atoms with Crippen molar-refractivity contribution in [2.45, 2.75) is 45.3 Å². The second-order valence-corrected chi connectivity index (χ2v) is 12.7. The molecule has 0 saturated carbocycles. The van der Waals surface area contributed by atoms with Crippen molar-refractivity contribution in [3.05, 3.63) is 90.0 Å². The third-order valence-corrected chi connectivity index (χ3v) is 7.43. The van der Waals surface area contributed by atoms with Gasteiger partial charge < -0.3 is 19.7 Å². The topological polar surface area (TPSA) is 105 Å². The number of hydrogen-bond donors (Lipinski definition) is 1. The molecular weight excluding hydrogens is 542 g/mol. The number of nitrogens with zero attached hydrogens (tertiary/aromatic N) is 2. The Hall–Kier alpha value is -4.05. The second kappa shape index (κ2) is 13.5. The van der Waals surface area contributed by atoms with Crippen LogP contribution in [0.1, 0.15) is 31.9 Å². The Morgan fingerprint density at radius 2 is 1.46 bits per heavy atom. The number of methoxy groups -OCH3 is 2. The number of anilines is 1. The number of nitrogens with one attached hydrogen (secondary N) is 1. The van der Waals surface area contributed by atoms with E-state index in [-0.39, 0.29) is 30.3 Å². The van der Waals surface area contributed by atoms with E-state index in [0.717, 1.165) is 21.7 Å². The van der Waals surface area contributed by atoms with Crippen LogP contribution in [0.2, 0.25) is 0 Å². The molecule has 0 aromatic heterocycles. The summed E-state index contributed by atoms with van der Waals surface area (Å²) in [5.74, 6) is -0.232. The molecule has 3 aromatic carbocycles. The minimum absolute atomic E-state index is 0.0988. The monoisotopic (exact) mass is 581 g/mol. The fourth-order valence-electron chi connectivity index (χ4n) is 4.37. The van der Waals surface area contributed by atoms with Gasteiger partial charge in [-0.25, -0.2) is 8.42 Å². The van der Waals surface area contributed by atoms with Gasteiger partial charge in [-0.3, -0.25) is 13.9 Å². The van der Waals surface area contributed by atoms with Crippen LogP contribution < -0.4 is 19.1 Å². The highest BCUT2D eigenvalue weighted by Gasteiger charge is 2.35. The van der Waals surface area contributed by atoms with Gasteiger partial charge >= 0.3 is 0 Å². The largest absolute Gasteiger partial charge is 0.497 e.